The van der Waals surface area contributed by atoms with Crippen molar-refractivity contribution in [1.82, 2.24) is 9.55 Å². The number of aromatic amines is 1. The van der Waals surface area contributed by atoms with Gasteiger partial charge in [-0.3, -0.25) is 14.3 Å². The van der Waals surface area contributed by atoms with Crippen LogP contribution in [0.15, 0.2) is 46.1 Å². The smallest absolute Gasteiger partial charge is 0.330 e. The first-order valence-electron chi connectivity index (χ1n) is 10.4. The van der Waals surface area contributed by atoms with Crippen LogP contribution in [0, 0.1) is 12.8 Å². The number of aliphatic hydroxyl groups is 2. The maximum absolute atomic E-state index is 12.5. The van der Waals surface area contributed by atoms with Gasteiger partial charge in [0, 0.05) is 11.8 Å². The van der Waals surface area contributed by atoms with Gasteiger partial charge in [-0.25, -0.2) is 4.79 Å². The second-order valence-electron chi connectivity index (χ2n) is 8.40. The first-order valence-corrected chi connectivity index (χ1v) is 10.4. The van der Waals surface area contributed by atoms with Gasteiger partial charge in [-0.1, -0.05) is 43.7 Å². The number of rotatable bonds is 4. The molecule has 6 atom stereocenters. The van der Waals surface area contributed by atoms with Crippen LogP contribution >= 0.6 is 0 Å². The molecule has 2 unspecified atom stereocenters. The van der Waals surface area contributed by atoms with Crippen molar-refractivity contribution in [2.75, 3.05) is 0 Å². The molecular weight excluding hydrogens is 388 g/mol. The summed E-state index contributed by atoms with van der Waals surface area (Å²) in [5, 5.41) is 22.2. The summed E-state index contributed by atoms with van der Waals surface area (Å²) in [6.07, 6.45) is -0.417. The molecule has 2 aliphatic rings. The Hall–Kier alpha value is -2.26. The molecular formula is C22H28N2O6. The Kier molecular flexibility index (Phi) is 5.67. The summed E-state index contributed by atoms with van der Waals surface area (Å²) < 4.78 is 13.6. The van der Waals surface area contributed by atoms with E-state index in [1.54, 1.807) is 6.92 Å². The number of H-pyrrole nitrogens is 1. The summed E-state index contributed by atoms with van der Waals surface area (Å²) in [5.41, 5.74) is -1.06. The number of benzene rings is 1. The molecule has 30 heavy (non-hydrogen) atoms. The molecule has 1 aliphatic heterocycles. The zero-order chi connectivity index (χ0) is 21.5. The van der Waals surface area contributed by atoms with Gasteiger partial charge in [0.1, 0.15) is 17.8 Å². The summed E-state index contributed by atoms with van der Waals surface area (Å²) in [6.45, 7) is 3.78. The highest BCUT2D eigenvalue weighted by Gasteiger charge is 2.63. The average molecular weight is 416 g/mol. The molecule has 0 radical (unpaired) electrons. The minimum atomic E-state index is -1.20. The molecule has 0 amide bonds. The van der Waals surface area contributed by atoms with Crippen molar-refractivity contribution in [2.45, 2.75) is 69.9 Å². The summed E-state index contributed by atoms with van der Waals surface area (Å²) in [7, 11) is 0. The second-order valence-corrected chi connectivity index (χ2v) is 8.40. The van der Waals surface area contributed by atoms with Crippen LogP contribution in [0.2, 0.25) is 0 Å². The van der Waals surface area contributed by atoms with E-state index in [0.29, 0.717) is 12.0 Å². The normalized spacial score (nSPS) is 33.8. The molecule has 2 fully saturated rings. The fraction of sp³-hybridized carbons (Fsp3) is 0.545. The van der Waals surface area contributed by atoms with Gasteiger partial charge in [0.25, 0.3) is 5.56 Å². The number of nitrogens with one attached hydrogen (secondary N) is 1. The number of nitrogens with zero attached hydrogens (tertiary/aromatic N) is 1. The van der Waals surface area contributed by atoms with Crippen LogP contribution in [0.3, 0.4) is 0 Å². The molecule has 2 aromatic rings. The predicted molar refractivity (Wildman–Crippen MR) is 109 cm³/mol. The van der Waals surface area contributed by atoms with Gasteiger partial charge in [0.2, 0.25) is 0 Å². The van der Waals surface area contributed by atoms with E-state index in [0.717, 1.165) is 18.4 Å². The Morgan fingerprint density at radius 3 is 2.67 bits per heavy atom. The Balaban J connectivity index is 1.73. The van der Waals surface area contributed by atoms with E-state index in [-0.39, 0.29) is 12.5 Å². The quantitative estimate of drug-likeness (QED) is 0.691. The van der Waals surface area contributed by atoms with Crippen LogP contribution in [0.1, 0.15) is 43.5 Å². The van der Waals surface area contributed by atoms with Crippen molar-refractivity contribution < 1.29 is 19.7 Å². The molecule has 3 N–H and O–H groups in total. The summed E-state index contributed by atoms with van der Waals surface area (Å²) in [4.78, 5) is 26.5. The molecule has 8 nitrogen and oxygen atoms in total. The minimum absolute atomic E-state index is 0.0961. The third-order valence-electron chi connectivity index (χ3n) is 6.47. The lowest BCUT2D eigenvalue weighted by molar-refractivity contribution is -0.215. The lowest BCUT2D eigenvalue weighted by Crippen LogP contribution is -2.59. The molecule has 1 saturated heterocycles. The SMILES string of the molecule is Cc1cn([C@@H]2OC3(C(C)CCC[C@@H]3O)[C@H](OCc3ccccc3)[C@@H]2O)c(=O)[nH]c1=O. The van der Waals surface area contributed by atoms with Crippen molar-refractivity contribution in [3.8, 4) is 0 Å². The van der Waals surface area contributed by atoms with Crippen molar-refractivity contribution >= 4 is 0 Å². The lowest BCUT2D eigenvalue weighted by Gasteiger charge is -2.46. The molecule has 2 heterocycles. The number of hydrogen-bond donors (Lipinski definition) is 3. The molecule has 1 aromatic carbocycles. The molecule has 1 aromatic heterocycles. The van der Waals surface area contributed by atoms with E-state index in [9.17, 15) is 19.8 Å². The summed E-state index contributed by atoms with van der Waals surface area (Å²) in [5.74, 6) is -0.0961. The van der Waals surface area contributed by atoms with E-state index in [2.05, 4.69) is 4.98 Å². The Morgan fingerprint density at radius 1 is 1.23 bits per heavy atom. The summed E-state index contributed by atoms with van der Waals surface area (Å²) >= 11 is 0. The number of hydrogen-bond acceptors (Lipinski definition) is 6. The van der Waals surface area contributed by atoms with E-state index < -0.39 is 41.4 Å². The van der Waals surface area contributed by atoms with E-state index in [1.165, 1.54) is 10.8 Å². The van der Waals surface area contributed by atoms with Crippen LogP contribution in [0.25, 0.3) is 0 Å². The molecule has 1 spiro atoms. The third kappa shape index (κ3) is 3.43. The lowest BCUT2D eigenvalue weighted by atomic mass is 9.71. The fourth-order valence-corrected chi connectivity index (χ4v) is 4.81. The van der Waals surface area contributed by atoms with Gasteiger partial charge >= 0.3 is 5.69 Å². The number of aryl methyl sites for hydroxylation is 1. The van der Waals surface area contributed by atoms with Crippen LogP contribution in [-0.4, -0.2) is 43.7 Å². The maximum Gasteiger partial charge on any atom is 0.330 e. The third-order valence-corrected chi connectivity index (χ3v) is 6.47. The van der Waals surface area contributed by atoms with E-state index >= 15 is 0 Å². The standard InChI is InChI=1S/C22H28N2O6/c1-13-11-24(21(28)23-19(13)27)20-17(26)18(29-12-15-8-4-3-5-9-15)22(30-20)14(2)7-6-10-16(22)25/h3-5,8-9,11,14,16-18,20,25-26H,6-7,10,12H2,1-2H3,(H,23,27,28)/t14?,16-,17-,18+,20+,22?/m0/s1. The molecule has 4 rings (SSSR count). The monoisotopic (exact) mass is 416 g/mol. The molecule has 162 valence electrons. The number of aromatic nitrogens is 2. The van der Waals surface area contributed by atoms with Gasteiger partial charge in [0.15, 0.2) is 6.23 Å². The highest BCUT2D eigenvalue weighted by molar-refractivity contribution is 5.15. The first kappa shape index (κ1) is 21.0. The minimum Gasteiger partial charge on any atom is -0.390 e. The first-order chi connectivity index (χ1) is 14.3. The van der Waals surface area contributed by atoms with Crippen LogP contribution in [-0.2, 0) is 16.1 Å². The number of ether oxygens (including phenoxy) is 2. The Bertz CT molecular complexity index is 991. The van der Waals surface area contributed by atoms with Crippen molar-refractivity contribution in [2.24, 2.45) is 5.92 Å². The molecule has 1 aliphatic carbocycles. The predicted octanol–water partition coefficient (Wildman–Crippen LogP) is 1.24. The van der Waals surface area contributed by atoms with Gasteiger partial charge in [-0.15, -0.1) is 0 Å². The second kappa shape index (κ2) is 8.11. The number of aliphatic hydroxyl groups excluding tert-OH is 2. The van der Waals surface area contributed by atoms with Gasteiger partial charge in [-0.05, 0) is 31.2 Å². The zero-order valence-electron chi connectivity index (χ0n) is 17.2. The van der Waals surface area contributed by atoms with Crippen molar-refractivity contribution in [3.63, 3.8) is 0 Å². The Morgan fingerprint density at radius 2 is 1.97 bits per heavy atom. The highest BCUT2D eigenvalue weighted by atomic mass is 16.6. The zero-order valence-corrected chi connectivity index (χ0v) is 17.2. The van der Waals surface area contributed by atoms with Crippen molar-refractivity contribution in [1.29, 1.82) is 0 Å². The van der Waals surface area contributed by atoms with Crippen molar-refractivity contribution in [3.05, 3.63) is 68.5 Å². The van der Waals surface area contributed by atoms with Crippen LogP contribution in [0.5, 0.6) is 0 Å². The topological polar surface area (TPSA) is 114 Å². The Labute approximate surface area is 174 Å². The summed E-state index contributed by atoms with van der Waals surface area (Å²) in [6, 6.07) is 9.55. The average Bonchev–Trinajstić information content (AvgIpc) is 3.01. The largest absolute Gasteiger partial charge is 0.390 e. The van der Waals surface area contributed by atoms with Gasteiger partial charge in [0.05, 0.1) is 12.7 Å². The van der Waals surface area contributed by atoms with Crippen LogP contribution < -0.4 is 11.2 Å². The molecule has 8 heteroatoms. The van der Waals surface area contributed by atoms with Gasteiger partial charge in [-0.2, -0.15) is 0 Å². The van der Waals surface area contributed by atoms with E-state index in [1.807, 2.05) is 37.3 Å². The highest BCUT2D eigenvalue weighted by Crippen LogP contribution is 2.50. The molecule has 1 saturated carbocycles. The van der Waals surface area contributed by atoms with Gasteiger partial charge < -0.3 is 19.7 Å². The van der Waals surface area contributed by atoms with Crippen LogP contribution in [0.4, 0.5) is 0 Å². The fourth-order valence-electron chi connectivity index (χ4n) is 4.81. The molecule has 0 bridgehead atoms. The maximum atomic E-state index is 12.5. The van der Waals surface area contributed by atoms with E-state index in [4.69, 9.17) is 9.47 Å².